The number of rotatable bonds is 5. The van der Waals surface area contributed by atoms with E-state index in [1.165, 1.54) is 48.9 Å². The van der Waals surface area contributed by atoms with Crippen molar-refractivity contribution < 1.29 is 4.42 Å². The number of furan rings is 1. The predicted octanol–water partition coefficient (Wildman–Crippen LogP) is 15.6. The molecule has 5 aliphatic rings. The van der Waals surface area contributed by atoms with Gasteiger partial charge in [0.25, 0.3) is 0 Å². The third kappa shape index (κ3) is 5.38. The topological polar surface area (TPSA) is 19.6 Å². The van der Waals surface area contributed by atoms with Crippen molar-refractivity contribution in [1.82, 2.24) is 0 Å². The van der Waals surface area contributed by atoms with Crippen molar-refractivity contribution in [2.75, 3.05) is 9.80 Å². The molecule has 1 aromatic heterocycles. The van der Waals surface area contributed by atoms with E-state index in [4.69, 9.17) is 4.42 Å². The van der Waals surface area contributed by atoms with E-state index in [0.717, 1.165) is 56.7 Å². The summed E-state index contributed by atoms with van der Waals surface area (Å²) in [5.41, 5.74) is 16.8. The Morgan fingerprint density at radius 1 is 0.750 bits per heavy atom. The first-order valence-corrected chi connectivity index (χ1v) is 22.6. The molecule has 60 heavy (non-hydrogen) atoms. The third-order valence-electron chi connectivity index (χ3n) is 13.3. The molecule has 0 saturated heterocycles. The summed E-state index contributed by atoms with van der Waals surface area (Å²) >= 11 is 3.82. The van der Waals surface area contributed by atoms with Crippen LogP contribution in [0, 0.1) is 5.92 Å². The maximum Gasteiger partial charge on any atom is 0.135 e. The minimum Gasteiger partial charge on any atom is -0.456 e. The van der Waals surface area contributed by atoms with Crippen LogP contribution in [-0.4, -0.2) is 5.25 Å². The summed E-state index contributed by atoms with van der Waals surface area (Å²) in [7, 11) is 0. The molecule has 3 aliphatic heterocycles. The average Bonchev–Trinajstić information content (AvgIpc) is 3.99. The van der Waals surface area contributed by atoms with E-state index in [-0.39, 0.29) is 11.5 Å². The zero-order chi connectivity index (χ0) is 40.1. The van der Waals surface area contributed by atoms with Gasteiger partial charge < -0.3 is 14.2 Å². The molecule has 2 aliphatic carbocycles. The Labute approximate surface area is 359 Å². The fourth-order valence-electron chi connectivity index (χ4n) is 10.4. The summed E-state index contributed by atoms with van der Waals surface area (Å²) in [5.74, 6) is 0.499. The first-order chi connectivity index (χ1) is 29.4. The van der Waals surface area contributed by atoms with Gasteiger partial charge in [-0.2, -0.15) is 0 Å². The van der Waals surface area contributed by atoms with Crippen LogP contribution in [0.5, 0.6) is 0 Å². The van der Waals surface area contributed by atoms with Gasteiger partial charge in [-0.15, -0.1) is 11.8 Å². The number of nitrogens with zero attached hydrogens (tertiary/aromatic N) is 2. The molecule has 5 heteroatoms. The normalized spacial score (nSPS) is 21.8. The summed E-state index contributed by atoms with van der Waals surface area (Å²) < 4.78 is 6.30. The SMILES string of the molecule is C=C1/C=C\C=C/SC2=C1N(c1ccc(N(c3ccc(-c4cccc5c4C4=CC=CCC4C5(C)C)cc3)c3ccc4oc5ccccc5c4c3)cc1)C1c3ccccc3SC21. The van der Waals surface area contributed by atoms with E-state index in [1.807, 2.05) is 35.7 Å². The van der Waals surface area contributed by atoms with Crippen LogP contribution in [0.1, 0.15) is 43.0 Å². The van der Waals surface area contributed by atoms with E-state index >= 15 is 0 Å². The highest BCUT2D eigenvalue weighted by Gasteiger charge is 2.48. The molecule has 3 nitrogen and oxygen atoms in total. The lowest BCUT2D eigenvalue weighted by molar-refractivity contribution is 0.414. The zero-order valence-electron chi connectivity index (χ0n) is 33.5. The van der Waals surface area contributed by atoms with Crippen molar-refractivity contribution in [3.05, 3.63) is 215 Å². The molecule has 0 bridgehead atoms. The monoisotopic (exact) mass is 810 g/mol. The molecule has 12 rings (SSSR count). The molecule has 3 unspecified atom stereocenters. The standard InChI is InChI=1S/C55H42N2OS2/c1-34-13-10-11-32-59-53-51(34)57(52-43-16-6-9-21-49(43)60-54(52)53)38-28-26-37(27-29-38)56(39-30-31-48-44(33-39)41-14-5-8-20-47(41)58-48)36-24-22-35(23-25-36)40-17-12-19-46-50(40)42-15-4-7-18-45(42)55(46,2)3/h4-17,19-33,45,52,54H,1,18H2,2-3H3/b13-10-,32-11-. The lowest BCUT2D eigenvalue weighted by Crippen LogP contribution is -2.26. The van der Waals surface area contributed by atoms with E-state index in [2.05, 4.69) is 193 Å². The van der Waals surface area contributed by atoms with Crippen molar-refractivity contribution in [2.24, 2.45) is 5.92 Å². The Morgan fingerprint density at radius 2 is 1.52 bits per heavy atom. The second kappa shape index (κ2) is 13.7. The molecular weight excluding hydrogens is 769 g/mol. The predicted molar refractivity (Wildman–Crippen MR) is 255 cm³/mol. The van der Waals surface area contributed by atoms with Crippen LogP contribution in [0.15, 0.2) is 207 Å². The van der Waals surface area contributed by atoms with Gasteiger partial charge in [-0.3, -0.25) is 0 Å². The van der Waals surface area contributed by atoms with E-state index in [9.17, 15) is 0 Å². The van der Waals surface area contributed by atoms with Gasteiger partial charge in [0.15, 0.2) is 0 Å². The zero-order valence-corrected chi connectivity index (χ0v) is 35.1. The fraction of sp³-hybridized carbons (Fsp3) is 0.127. The van der Waals surface area contributed by atoms with Gasteiger partial charge >= 0.3 is 0 Å². The van der Waals surface area contributed by atoms with Crippen LogP contribution in [0.3, 0.4) is 0 Å². The Balaban J connectivity index is 0.976. The molecule has 290 valence electrons. The second-order valence-electron chi connectivity index (χ2n) is 16.9. The van der Waals surface area contributed by atoms with E-state index in [1.54, 1.807) is 0 Å². The van der Waals surface area contributed by atoms with Crippen molar-refractivity contribution in [2.45, 2.75) is 41.9 Å². The quantitative estimate of drug-likeness (QED) is 0.172. The number of para-hydroxylation sites is 1. The maximum atomic E-state index is 6.30. The Hall–Kier alpha value is -6.14. The summed E-state index contributed by atoms with van der Waals surface area (Å²) in [6, 6.07) is 49.3. The van der Waals surface area contributed by atoms with Crippen LogP contribution in [0.4, 0.5) is 22.7 Å². The second-order valence-corrected chi connectivity index (χ2v) is 19.0. The van der Waals surface area contributed by atoms with Crippen LogP contribution >= 0.6 is 23.5 Å². The number of thioether (sulfide) groups is 2. The van der Waals surface area contributed by atoms with Gasteiger partial charge in [0, 0.05) is 43.3 Å². The van der Waals surface area contributed by atoms with Crippen molar-refractivity contribution >= 4 is 73.8 Å². The highest BCUT2D eigenvalue weighted by atomic mass is 32.2. The number of fused-ring (bicyclic) bond motifs is 10. The number of hydrogen-bond acceptors (Lipinski definition) is 5. The van der Waals surface area contributed by atoms with Gasteiger partial charge in [0.1, 0.15) is 11.2 Å². The molecule has 7 aromatic rings. The van der Waals surface area contributed by atoms with Crippen LogP contribution in [0.2, 0.25) is 0 Å². The van der Waals surface area contributed by atoms with Crippen molar-refractivity contribution in [3.63, 3.8) is 0 Å². The highest BCUT2D eigenvalue weighted by Crippen LogP contribution is 2.61. The molecule has 3 atom stereocenters. The molecule has 0 saturated carbocycles. The van der Waals surface area contributed by atoms with Crippen molar-refractivity contribution in [3.8, 4) is 11.1 Å². The van der Waals surface area contributed by atoms with Gasteiger partial charge in [-0.1, -0.05) is 135 Å². The number of allylic oxidation sites excluding steroid dienone is 7. The largest absolute Gasteiger partial charge is 0.456 e. The van der Waals surface area contributed by atoms with Crippen molar-refractivity contribution in [1.29, 1.82) is 0 Å². The minimum atomic E-state index is 0.0874. The number of benzene rings is 6. The molecule has 0 spiro atoms. The molecule has 0 fully saturated rings. The Kier molecular flexibility index (Phi) is 8.17. The molecule has 0 N–H and O–H groups in total. The van der Waals surface area contributed by atoms with Crippen LogP contribution in [-0.2, 0) is 5.41 Å². The molecule has 6 aromatic carbocycles. The maximum absolute atomic E-state index is 6.30. The number of anilines is 4. The third-order valence-corrected chi connectivity index (χ3v) is 15.8. The lowest BCUT2D eigenvalue weighted by Gasteiger charge is -2.31. The molecule has 0 amide bonds. The van der Waals surface area contributed by atoms with Crippen LogP contribution < -0.4 is 9.80 Å². The summed E-state index contributed by atoms with van der Waals surface area (Å²) in [5, 5.41) is 4.74. The lowest BCUT2D eigenvalue weighted by atomic mass is 9.75. The number of hydrogen-bond donors (Lipinski definition) is 0. The first kappa shape index (κ1) is 35.8. The Morgan fingerprint density at radius 3 is 2.38 bits per heavy atom. The van der Waals surface area contributed by atoms with Gasteiger partial charge in [-0.05, 0) is 129 Å². The highest BCUT2D eigenvalue weighted by molar-refractivity contribution is 8.08. The molecule has 4 heterocycles. The Bertz CT molecular complexity index is 3090. The van der Waals surface area contributed by atoms with Crippen LogP contribution in [0.25, 0.3) is 38.6 Å². The van der Waals surface area contributed by atoms with Gasteiger partial charge in [0.2, 0.25) is 0 Å². The summed E-state index contributed by atoms with van der Waals surface area (Å²) in [6.07, 6.45) is 14.4. The van der Waals surface area contributed by atoms with Gasteiger partial charge in [-0.25, -0.2) is 0 Å². The van der Waals surface area contributed by atoms with E-state index < -0.39 is 0 Å². The van der Waals surface area contributed by atoms with Gasteiger partial charge in [0.05, 0.1) is 17.0 Å². The molecule has 0 radical (unpaired) electrons. The molecular formula is C55H42N2OS2. The summed E-state index contributed by atoms with van der Waals surface area (Å²) in [6.45, 7) is 9.42. The summed E-state index contributed by atoms with van der Waals surface area (Å²) in [4.78, 5) is 7.67. The average molecular weight is 811 g/mol. The fourth-order valence-corrected chi connectivity index (χ4v) is 13.0. The minimum absolute atomic E-state index is 0.0874. The first-order valence-electron chi connectivity index (χ1n) is 20.8. The smallest absolute Gasteiger partial charge is 0.135 e. The van der Waals surface area contributed by atoms with E-state index in [0.29, 0.717) is 11.2 Å².